The molecule has 2 aromatic rings. The van der Waals surface area contributed by atoms with Gasteiger partial charge in [0, 0.05) is 18.3 Å². The molecule has 2 N–H and O–H groups in total. The first-order valence-electron chi connectivity index (χ1n) is 10.4. The van der Waals surface area contributed by atoms with E-state index in [-0.39, 0.29) is 12.1 Å². The van der Waals surface area contributed by atoms with Gasteiger partial charge in [-0.1, -0.05) is 37.3 Å². The normalized spacial score (nSPS) is 16.7. The maximum Gasteiger partial charge on any atom is 0.320 e. The van der Waals surface area contributed by atoms with E-state index in [9.17, 15) is 4.79 Å². The number of nitrogens with one attached hydrogen (secondary N) is 2. The second-order valence-corrected chi connectivity index (χ2v) is 7.85. The zero-order valence-corrected chi connectivity index (χ0v) is 17.3. The molecule has 1 atom stereocenters. The van der Waals surface area contributed by atoms with Gasteiger partial charge in [0.15, 0.2) is 5.82 Å². The lowest BCUT2D eigenvalue weighted by Gasteiger charge is -2.31. The molecule has 1 unspecified atom stereocenters. The van der Waals surface area contributed by atoms with Gasteiger partial charge in [0.25, 0.3) is 0 Å². The summed E-state index contributed by atoms with van der Waals surface area (Å²) < 4.78 is 1.91. The van der Waals surface area contributed by atoms with Gasteiger partial charge in [0.2, 0.25) is 0 Å². The standard InChI is InChI=1S/C22H33N5O/c1-4-12-26-13-10-19(11-14-26)15-23-22(28)24-21-17(2)16-27(25-21)18(3)20-8-6-5-7-9-20/h5-9,16,18-19H,4,10-15H2,1-3H3,(H2,23,24,25,28). The van der Waals surface area contributed by atoms with Gasteiger partial charge in [-0.05, 0) is 64.2 Å². The Morgan fingerprint density at radius 1 is 1.25 bits per heavy atom. The topological polar surface area (TPSA) is 62.2 Å². The van der Waals surface area contributed by atoms with Gasteiger partial charge in [0.05, 0.1) is 6.04 Å². The number of anilines is 1. The summed E-state index contributed by atoms with van der Waals surface area (Å²) in [5.41, 5.74) is 2.15. The van der Waals surface area contributed by atoms with Crippen molar-refractivity contribution >= 4 is 11.8 Å². The molecule has 0 radical (unpaired) electrons. The van der Waals surface area contributed by atoms with Gasteiger partial charge >= 0.3 is 6.03 Å². The van der Waals surface area contributed by atoms with Crippen LogP contribution in [0.15, 0.2) is 36.5 Å². The van der Waals surface area contributed by atoms with E-state index in [0.717, 1.165) is 38.0 Å². The van der Waals surface area contributed by atoms with Crippen LogP contribution in [0.3, 0.4) is 0 Å². The summed E-state index contributed by atoms with van der Waals surface area (Å²) in [4.78, 5) is 14.9. The number of amides is 2. The molecule has 1 saturated heterocycles. The molecule has 0 saturated carbocycles. The fourth-order valence-corrected chi connectivity index (χ4v) is 3.81. The lowest BCUT2D eigenvalue weighted by atomic mass is 9.97. The molecular weight excluding hydrogens is 350 g/mol. The minimum absolute atomic E-state index is 0.117. The van der Waals surface area contributed by atoms with Crippen LogP contribution in [0.5, 0.6) is 0 Å². The third kappa shape index (κ3) is 5.35. The van der Waals surface area contributed by atoms with Crippen LogP contribution in [-0.2, 0) is 0 Å². The van der Waals surface area contributed by atoms with Crippen LogP contribution in [0.2, 0.25) is 0 Å². The number of benzene rings is 1. The summed E-state index contributed by atoms with van der Waals surface area (Å²) in [5.74, 6) is 1.19. The van der Waals surface area contributed by atoms with E-state index in [1.807, 2.05) is 36.0 Å². The summed E-state index contributed by atoms with van der Waals surface area (Å²) in [6.45, 7) is 10.5. The number of rotatable bonds is 7. The van der Waals surface area contributed by atoms with Gasteiger partial charge in [-0.15, -0.1) is 0 Å². The van der Waals surface area contributed by atoms with Gasteiger partial charge in [-0.2, -0.15) is 5.10 Å². The number of hydrogen-bond donors (Lipinski definition) is 2. The van der Waals surface area contributed by atoms with Crippen LogP contribution < -0.4 is 10.6 Å². The second-order valence-electron chi connectivity index (χ2n) is 7.85. The van der Waals surface area contributed by atoms with Gasteiger partial charge in [-0.25, -0.2) is 4.79 Å². The Balaban J connectivity index is 1.49. The van der Waals surface area contributed by atoms with E-state index >= 15 is 0 Å². The van der Waals surface area contributed by atoms with E-state index in [0.29, 0.717) is 11.7 Å². The number of piperidine rings is 1. The molecule has 6 nitrogen and oxygen atoms in total. The molecule has 2 heterocycles. The van der Waals surface area contributed by atoms with Crippen molar-refractivity contribution in [2.45, 2.75) is 46.1 Å². The SMILES string of the molecule is CCCN1CCC(CNC(=O)Nc2nn(C(C)c3ccccc3)cc2C)CC1. The highest BCUT2D eigenvalue weighted by Crippen LogP contribution is 2.21. The largest absolute Gasteiger partial charge is 0.338 e. The number of aromatic nitrogens is 2. The summed E-state index contributed by atoms with van der Waals surface area (Å²) in [6.07, 6.45) is 5.50. The lowest BCUT2D eigenvalue weighted by Crippen LogP contribution is -2.40. The molecular formula is C22H33N5O. The zero-order valence-electron chi connectivity index (χ0n) is 17.3. The Bertz CT molecular complexity index is 750. The lowest BCUT2D eigenvalue weighted by molar-refractivity contribution is 0.182. The molecule has 3 rings (SSSR count). The number of likely N-dealkylation sites (tertiary alicyclic amines) is 1. The first-order valence-corrected chi connectivity index (χ1v) is 10.4. The predicted octanol–water partition coefficient (Wildman–Crippen LogP) is 4.04. The molecule has 152 valence electrons. The van der Waals surface area contributed by atoms with Crippen molar-refractivity contribution in [1.29, 1.82) is 0 Å². The van der Waals surface area contributed by atoms with Crippen LogP contribution in [0.25, 0.3) is 0 Å². The van der Waals surface area contributed by atoms with Crippen molar-refractivity contribution in [3.63, 3.8) is 0 Å². The molecule has 0 bridgehead atoms. The molecule has 1 aliphatic heterocycles. The fourth-order valence-electron chi connectivity index (χ4n) is 3.81. The first kappa shape index (κ1) is 20.4. The van der Waals surface area contributed by atoms with Crippen LogP contribution >= 0.6 is 0 Å². The van der Waals surface area contributed by atoms with Crippen molar-refractivity contribution in [3.05, 3.63) is 47.7 Å². The number of urea groups is 1. The van der Waals surface area contributed by atoms with E-state index in [1.54, 1.807) is 0 Å². The number of nitrogens with zero attached hydrogens (tertiary/aromatic N) is 3. The minimum atomic E-state index is -0.170. The molecule has 1 aliphatic rings. The smallest absolute Gasteiger partial charge is 0.320 e. The van der Waals surface area contributed by atoms with Crippen molar-refractivity contribution in [1.82, 2.24) is 20.0 Å². The van der Waals surface area contributed by atoms with Crippen LogP contribution in [0, 0.1) is 12.8 Å². The van der Waals surface area contributed by atoms with Crippen LogP contribution in [0.4, 0.5) is 10.6 Å². The molecule has 28 heavy (non-hydrogen) atoms. The van der Waals surface area contributed by atoms with E-state index in [2.05, 4.69) is 46.6 Å². The van der Waals surface area contributed by atoms with Crippen molar-refractivity contribution in [3.8, 4) is 0 Å². The van der Waals surface area contributed by atoms with Crippen LogP contribution in [-0.4, -0.2) is 46.9 Å². The highest BCUT2D eigenvalue weighted by molar-refractivity contribution is 5.88. The molecule has 1 fully saturated rings. The Hall–Kier alpha value is -2.34. The Morgan fingerprint density at radius 2 is 1.96 bits per heavy atom. The van der Waals surface area contributed by atoms with Gasteiger partial charge in [-0.3, -0.25) is 10.00 Å². The number of carbonyl (C=O) groups is 1. The molecule has 1 aromatic heterocycles. The maximum absolute atomic E-state index is 12.3. The third-order valence-corrected chi connectivity index (χ3v) is 5.62. The summed E-state index contributed by atoms with van der Waals surface area (Å²) in [6, 6.07) is 10.2. The summed E-state index contributed by atoms with van der Waals surface area (Å²) in [5, 5.41) is 10.5. The quantitative estimate of drug-likeness (QED) is 0.758. The van der Waals surface area contributed by atoms with Crippen LogP contribution in [0.1, 0.15) is 50.3 Å². The average Bonchev–Trinajstić information content (AvgIpc) is 3.08. The molecule has 0 spiro atoms. The first-order chi connectivity index (χ1) is 13.6. The number of carbonyl (C=O) groups excluding carboxylic acids is 1. The highest BCUT2D eigenvalue weighted by atomic mass is 16.2. The van der Waals surface area contributed by atoms with Gasteiger partial charge < -0.3 is 10.2 Å². The Labute approximate surface area is 168 Å². The number of hydrogen-bond acceptors (Lipinski definition) is 3. The van der Waals surface area contributed by atoms with Crippen molar-refractivity contribution in [2.24, 2.45) is 5.92 Å². The Morgan fingerprint density at radius 3 is 2.64 bits per heavy atom. The van der Waals surface area contributed by atoms with E-state index in [1.165, 1.54) is 18.5 Å². The predicted molar refractivity (Wildman–Crippen MR) is 114 cm³/mol. The average molecular weight is 384 g/mol. The van der Waals surface area contributed by atoms with Gasteiger partial charge in [0.1, 0.15) is 0 Å². The molecule has 1 aromatic carbocycles. The van der Waals surface area contributed by atoms with E-state index in [4.69, 9.17) is 0 Å². The molecule has 0 aliphatic carbocycles. The fraction of sp³-hybridized carbons (Fsp3) is 0.545. The second kappa shape index (κ2) is 9.73. The van der Waals surface area contributed by atoms with Crippen molar-refractivity contribution < 1.29 is 4.79 Å². The summed E-state index contributed by atoms with van der Waals surface area (Å²) >= 11 is 0. The minimum Gasteiger partial charge on any atom is -0.338 e. The molecule has 2 amide bonds. The maximum atomic E-state index is 12.3. The van der Waals surface area contributed by atoms with E-state index < -0.39 is 0 Å². The number of aryl methyl sites for hydroxylation is 1. The zero-order chi connectivity index (χ0) is 19.9. The summed E-state index contributed by atoms with van der Waals surface area (Å²) in [7, 11) is 0. The highest BCUT2D eigenvalue weighted by Gasteiger charge is 2.19. The third-order valence-electron chi connectivity index (χ3n) is 5.62. The monoisotopic (exact) mass is 383 g/mol. The van der Waals surface area contributed by atoms with Crippen molar-refractivity contribution in [2.75, 3.05) is 31.5 Å². The molecule has 6 heteroatoms. The Kier molecular flexibility index (Phi) is 7.09.